The van der Waals surface area contributed by atoms with Gasteiger partial charge in [0.15, 0.2) is 0 Å². The lowest BCUT2D eigenvalue weighted by molar-refractivity contribution is -0.130. The molecule has 3 heterocycles. The van der Waals surface area contributed by atoms with E-state index in [9.17, 15) is 13.2 Å². The lowest BCUT2D eigenvalue weighted by Crippen LogP contribution is -2.47. The molecule has 34 heavy (non-hydrogen) atoms. The van der Waals surface area contributed by atoms with Gasteiger partial charge in [0.25, 0.3) is 0 Å². The zero-order valence-corrected chi connectivity index (χ0v) is 20.1. The Balaban J connectivity index is 1.40. The van der Waals surface area contributed by atoms with Gasteiger partial charge in [0.05, 0.1) is 16.1 Å². The summed E-state index contributed by atoms with van der Waals surface area (Å²) in [4.78, 5) is 29.6. The molecule has 0 spiro atoms. The minimum Gasteiger partial charge on any atom is -0.340 e. The molecule has 1 aliphatic rings. The fourth-order valence-electron chi connectivity index (χ4n) is 3.95. The summed E-state index contributed by atoms with van der Waals surface area (Å²) in [6.45, 7) is 5.45. The number of carbonyl (C=O) groups excluding carboxylic acids is 1. The molecule has 176 valence electrons. The van der Waals surface area contributed by atoms with Gasteiger partial charge in [0.1, 0.15) is 16.0 Å². The van der Waals surface area contributed by atoms with Gasteiger partial charge in [0, 0.05) is 50.4 Å². The number of thiazole rings is 1. The standard InChI is InChI=1S/C22H23N7O3S2/c1-14(30)29-9-7-28(8-10-29)13-19-26-21-18(33-19)6-5-15-12-24-22(27-20(15)21)25-16-3-2-4-17(11-16)34(23,31)32/h2-6,11-12H,7-10,13H2,1H3,(H2,23,31,32)(H,24,25,27). The number of nitrogens with one attached hydrogen (secondary N) is 1. The van der Waals surface area contributed by atoms with Crippen molar-refractivity contribution in [2.24, 2.45) is 5.14 Å². The fourth-order valence-corrected chi connectivity index (χ4v) is 5.52. The van der Waals surface area contributed by atoms with E-state index in [1.807, 2.05) is 17.0 Å². The van der Waals surface area contributed by atoms with Gasteiger partial charge < -0.3 is 10.2 Å². The van der Waals surface area contributed by atoms with E-state index in [2.05, 4.69) is 20.2 Å². The highest BCUT2D eigenvalue weighted by atomic mass is 32.2. The lowest BCUT2D eigenvalue weighted by atomic mass is 10.2. The second-order valence-corrected chi connectivity index (χ2v) is 10.8. The average molecular weight is 498 g/mol. The van der Waals surface area contributed by atoms with Crippen LogP contribution in [-0.2, 0) is 21.4 Å². The molecule has 0 radical (unpaired) electrons. The van der Waals surface area contributed by atoms with Crippen LogP contribution in [0.4, 0.5) is 11.6 Å². The molecule has 1 saturated heterocycles. The number of primary sulfonamides is 1. The Morgan fingerprint density at radius 2 is 1.91 bits per heavy atom. The molecule has 0 saturated carbocycles. The van der Waals surface area contributed by atoms with Crippen molar-refractivity contribution >= 4 is 60.0 Å². The highest BCUT2D eigenvalue weighted by Crippen LogP contribution is 2.30. The summed E-state index contributed by atoms with van der Waals surface area (Å²) < 4.78 is 24.3. The smallest absolute Gasteiger partial charge is 0.238 e. The van der Waals surface area contributed by atoms with E-state index < -0.39 is 10.0 Å². The second kappa shape index (κ2) is 8.87. The number of fused-ring (bicyclic) bond motifs is 3. The SMILES string of the molecule is CC(=O)N1CCN(Cc2nc3c(ccc4cnc(Nc5cccc(S(N)(=O)=O)c5)nc43)s2)CC1. The van der Waals surface area contributed by atoms with E-state index in [-0.39, 0.29) is 10.8 Å². The largest absolute Gasteiger partial charge is 0.340 e. The van der Waals surface area contributed by atoms with Crippen molar-refractivity contribution in [1.82, 2.24) is 24.8 Å². The van der Waals surface area contributed by atoms with Gasteiger partial charge in [-0.1, -0.05) is 6.07 Å². The Morgan fingerprint density at radius 1 is 1.12 bits per heavy atom. The number of nitrogens with zero attached hydrogens (tertiary/aromatic N) is 5. The monoisotopic (exact) mass is 497 g/mol. The molecule has 0 aliphatic carbocycles. The number of aromatic nitrogens is 3. The molecule has 10 nitrogen and oxygen atoms in total. The zero-order chi connectivity index (χ0) is 23.9. The van der Waals surface area contributed by atoms with Crippen molar-refractivity contribution < 1.29 is 13.2 Å². The fraction of sp³-hybridized carbons (Fsp3) is 0.273. The molecule has 4 aromatic rings. The van der Waals surface area contributed by atoms with E-state index >= 15 is 0 Å². The number of amides is 1. The van der Waals surface area contributed by atoms with Crippen LogP contribution in [0.25, 0.3) is 21.1 Å². The molecule has 0 bridgehead atoms. The maximum Gasteiger partial charge on any atom is 0.238 e. The number of hydrogen-bond donors (Lipinski definition) is 2. The highest BCUT2D eigenvalue weighted by molar-refractivity contribution is 7.89. The Kier molecular flexibility index (Phi) is 5.90. The number of piperazine rings is 1. The third-order valence-electron chi connectivity index (χ3n) is 5.75. The van der Waals surface area contributed by atoms with Crippen molar-refractivity contribution in [2.75, 3.05) is 31.5 Å². The van der Waals surface area contributed by atoms with Gasteiger partial charge in [-0.15, -0.1) is 11.3 Å². The van der Waals surface area contributed by atoms with Crippen LogP contribution < -0.4 is 10.5 Å². The molecule has 0 unspecified atom stereocenters. The van der Waals surface area contributed by atoms with Crippen LogP contribution in [0.3, 0.4) is 0 Å². The molecular formula is C22H23N7O3S2. The van der Waals surface area contributed by atoms with E-state index in [1.54, 1.807) is 36.6 Å². The summed E-state index contributed by atoms with van der Waals surface area (Å²) in [6, 6.07) is 10.2. The Hall–Kier alpha value is -3.19. The zero-order valence-electron chi connectivity index (χ0n) is 18.4. The molecule has 0 atom stereocenters. The minimum atomic E-state index is -3.81. The predicted octanol–water partition coefficient (Wildman–Crippen LogP) is 2.29. The van der Waals surface area contributed by atoms with E-state index in [0.717, 1.165) is 58.9 Å². The Bertz CT molecular complexity index is 1500. The Morgan fingerprint density at radius 3 is 2.65 bits per heavy atom. The molecule has 2 aromatic heterocycles. The van der Waals surface area contributed by atoms with Crippen LogP contribution in [-0.4, -0.2) is 65.3 Å². The molecule has 1 fully saturated rings. The number of anilines is 2. The van der Waals surface area contributed by atoms with Crippen molar-refractivity contribution in [3.63, 3.8) is 0 Å². The van der Waals surface area contributed by atoms with Gasteiger partial charge >= 0.3 is 0 Å². The Labute approximate surface area is 200 Å². The summed E-state index contributed by atoms with van der Waals surface area (Å²) in [5.41, 5.74) is 2.05. The van der Waals surface area contributed by atoms with Crippen molar-refractivity contribution in [1.29, 1.82) is 0 Å². The summed E-state index contributed by atoms with van der Waals surface area (Å²) in [7, 11) is -3.81. The van der Waals surface area contributed by atoms with Gasteiger partial charge in [-0.05, 0) is 30.3 Å². The van der Waals surface area contributed by atoms with E-state index in [0.29, 0.717) is 11.6 Å². The quantitative estimate of drug-likeness (QED) is 0.429. The minimum absolute atomic E-state index is 0.00830. The number of hydrogen-bond acceptors (Lipinski definition) is 9. The lowest BCUT2D eigenvalue weighted by Gasteiger charge is -2.33. The molecule has 2 aromatic carbocycles. The number of benzene rings is 2. The number of carbonyl (C=O) groups is 1. The van der Waals surface area contributed by atoms with Crippen LogP contribution in [0, 0.1) is 0 Å². The van der Waals surface area contributed by atoms with E-state index in [4.69, 9.17) is 10.1 Å². The second-order valence-electron chi connectivity index (χ2n) is 8.13. The van der Waals surface area contributed by atoms with Crippen molar-refractivity contribution in [2.45, 2.75) is 18.4 Å². The summed E-state index contributed by atoms with van der Waals surface area (Å²) in [5.74, 6) is 0.452. The molecular weight excluding hydrogens is 474 g/mol. The van der Waals surface area contributed by atoms with Crippen LogP contribution >= 0.6 is 11.3 Å². The molecule has 3 N–H and O–H groups in total. The van der Waals surface area contributed by atoms with Crippen molar-refractivity contribution in [3.8, 4) is 0 Å². The number of rotatable bonds is 5. The van der Waals surface area contributed by atoms with Gasteiger partial charge in [-0.3, -0.25) is 9.69 Å². The maximum absolute atomic E-state index is 11.6. The first-order valence-electron chi connectivity index (χ1n) is 10.7. The topological polar surface area (TPSA) is 134 Å². The molecule has 12 heteroatoms. The van der Waals surface area contributed by atoms with Crippen LogP contribution in [0.15, 0.2) is 47.5 Å². The van der Waals surface area contributed by atoms with Crippen LogP contribution in [0.1, 0.15) is 11.9 Å². The summed E-state index contributed by atoms with van der Waals surface area (Å²) >= 11 is 1.63. The van der Waals surface area contributed by atoms with E-state index in [1.165, 1.54) is 12.1 Å². The highest BCUT2D eigenvalue weighted by Gasteiger charge is 2.20. The van der Waals surface area contributed by atoms with Crippen LogP contribution in [0.5, 0.6) is 0 Å². The summed E-state index contributed by atoms with van der Waals surface area (Å²) in [6.07, 6.45) is 1.72. The first-order chi connectivity index (χ1) is 16.3. The summed E-state index contributed by atoms with van der Waals surface area (Å²) in [5, 5.41) is 10.1. The molecule has 1 amide bonds. The molecule has 5 rings (SSSR count). The maximum atomic E-state index is 11.6. The predicted molar refractivity (Wildman–Crippen MR) is 131 cm³/mol. The van der Waals surface area contributed by atoms with Gasteiger partial charge in [-0.2, -0.15) is 0 Å². The third-order valence-corrected chi connectivity index (χ3v) is 7.66. The van der Waals surface area contributed by atoms with Crippen molar-refractivity contribution in [3.05, 3.63) is 47.6 Å². The number of sulfonamides is 1. The first-order valence-corrected chi connectivity index (χ1v) is 13.1. The first kappa shape index (κ1) is 22.6. The van der Waals surface area contributed by atoms with Gasteiger partial charge in [-0.25, -0.2) is 28.5 Å². The third kappa shape index (κ3) is 4.71. The average Bonchev–Trinajstić information content (AvgIpc) is 3.22. The number of nitrogens with two attached hydrogens (primary N) is 1. The molecule has 1 aliphatic heterocycles. The van der Waals surface area contributed by atoms with Gasteiger partial charge in [0.2, 0.25) is 21.9 Å². The van der Waals surface area contributed by atoms with Crippen LogP contribution in [0.2, 0.25) is 0 Å². The normalized spacial score (nSPS) is 15.2.